The van der Waals surface area contributed by atoms with Crippen molar-refractivity contribution in [1.29, 1.82) is 0 Å². The molecule has 150 valence electrons. The van der Waals surface area contributed by atoms with E-state index in [0.29, 0.717) is 18.1 Å². The minimum atomic E-state index is -0.583. The average Bonchev–Trinajstić information content (AvgIpc) is 2.70. The number of nitrogens with zero attached hydrogens (tertiary/aromatic N) is 1. The number of amides is 2. The summed E-state index contributed by atoms with van der Waals surface area (Å²) in [4.78, 5) is 27.2. The molecule has 0 saturated carbocycles. The Morgan fingerprint density at radius 3 is 2.46 bits per heavy atom. The molecule has 0 fully saturated rings. The van der Waals surface area contributed by atoms with Gasteiger partial charge in [-0.2, -0.15) is 0 Å². The Balaban J connectivity index is 2.20. The van der Waals surface area contributed by atoms with Gasteiger partial charge in [0.25, 0.3) is 0 Å². The van der Waals surface area contributed by atoms with Crippen LogP contribution in [0.4, 0.5) is 0 Å². The van der Waals surface area contributed by atoms with Gasteiger partial charge in [0.1, 0.15) is 11.8 Å². The Kier molecular flexibility index (Phi) is 8.33. The SMILES string of the molecule is CCCNC(=O)C(C)N(Cc1ccc(OC)cc1)C(=O)Cc1cccc(Cl)c1. The van der Waals surface area contributed by atoms with Gasteiger partial charge in [0.15, 0.2) is 0 Å². The molecule has 28 heavy (non-hydrogen) atoms. The lowest BCUT2D eigenvalue weighted by molar-refractivity contribution is -0.140. The molecule has 0 radical (unpaired) electrons. The second-order valence-corrected chi connectivity index (χ2v) is 7.08. The van der Waals surface area contributed by atoms with E-state index in [-0.39, 0.29) is 18.2 Å². The first kappa shape index (κ1) is 21.8. The van der Waals surface area contributed by atoms with Crippen molar-refractivity contribution in [3.8, 4) is 5.75 Å². The fourth-order valence-electron chi connectivity index (χ4n) is 2.83. The number of carbonyl (C=O) groups excluding carboxylic acids is 2. The van der Waals surface area contributed by atoms with Gasteiger partial charge < -0.3 is 15.0 Å². The number of benzene rings is 2. The van der Waals surface area contributed by atoms with E-state index < -0.39 is 6.04 Å². The van der Waals surface area contributed by atoms with Gasteiger partial charge >= 0.3 is 0 Å². The van der Waals surface area contributed by atoms with Gasteiger partial charge in [0, 0.05) is 18.1 Å². The third kappa shape index (κ3) is 6.27. The number of hydrogen-bond acceptors (Lipinski definition) is 3. The molecule has 0 aliphatic rings. The minimum Gasteiger partial charge on any atom is -0.497 e. The highest BCUT2D eigenvalue weighted by Gasteiger charge is 2.26. The summed E-state index contributed by atoms with van der Waals surface area (Å²) in [6, 6.07) is 14.1. The molecule has 2 rings (SSSR count). The first-order valence-corrected chi connectivity index (χ1v) is 9.77. The highest BCUT2D eigenvalue weighted by atomic mass is 35.5. The molecule has 1 unspecified atom stereocenters. The van der Waals surface area contributed by atoms with Crippen molar-refractivity contribution in [1.82, 2.24) is 10.2 Å². The quantitative estimate of drug-likeness (QED) is 0.693. The highest BCUT2D eigenvalue weighted by molar-refractivity contribution is 6.30. The van der Waals surface area contributed by atoms with Crippen molar-refractivity contribution in [3.05, 3.63) is 64.7 Å². The molecule has 0 bridgehead atoms. The van der Waals surface area contributed by atoms with E-state index in [1.807, 2.05) is 43.3 Å². The van der Waals surface area contributed by atoms with E-state index in [1.165, 1.54) is 0 Å². The maximum atomic E-state index is 13.0. The normalized spacial score (nSPS) is 11.6. The Bertz CT molecular complexity index is 793. The maximum absolute atomic E-state index is 13.0. The second kappa shape index (κ2) is 10.7. The summed E-state index contributed by atoms with van der Waals surface area (Å²) in [5, 5.41) is 3.45. The molecule has 1 atom stereocenters. The van der Waals surface area contributed by atoms with Crippen molar-refractivity contribution < 1.29 is 14.3 Å². The zero-order chi connectivity index (χ0) is 20.5. The third-order valence-electron chi connectivity index (χ3n) is 4.47. The molecule has 2 aromatic rings. The van der Waals surface area contributed by atoms with Crippen LogP contribution in [-0.2, 0) is 22.6 Å². The maximum Gasteiger partial charge on any atom is 0.242 e. The summed E-state index contributed by atoms with van der Waals surface area (Å²) >= 11 is 6.04. The summed E-state index contributed by atoms with van der Waals surface area (Å²) in [6.07, 6.45) is 1.02. The molecule has 2 aromatic carbocycles. The number of nitrogens with one attached hydrogen (secondary N) is 1. The number of methoxy groups -OCH3 is 1. The molecular formula is C22H27ClN2O3. The van der Waals surface area contributed by atoms with E-state index in [2.05, 4.69) is 5.32 Å². The number of ether oxygens (including phenoxy) is 1. The highest BCUT2D eigenvalue weighted by Crippen LogP contribution is 2.17. The summed E-state index contributed by atoms with van der Waals surface area (Å²) in [5.41, 5.74) is 1.74. The van der Waals surface area contributed by atoms with Crippen molar-refractivity contribution in [2.75, 3.05) is 13.7 Å². The van der Waals surface area contributed by atoms with Crippen LogP contribution in [0.1, 0.15) is 31.4 Å². The first-order valence-electron chi connectivity index (χ1n) is 9.39. The van der Waals surface area contributed by atoms with Crippen LogP contribution in [0.2, 0.25) is 5.02 Å². The Labute approximate surface area is 171 Å². The van der Waals surface area contributed by atoms with Crippen LogP contribution in [0.5, 0.6) is 5.75 Å². The number of hydrogen-bond donors (Lipinski definition) is 1. The average molecular weight is 403 g/mol. The molecule has 2 amide bonds. The van der Waals surface area contributed by atoms with Gasteiger partial charge in [-0.05, 0) is 48.7 Å². The van der Waals surface area contributed by atoms with Gasteiger partial charge in [-0.3, -0.25) is 9.59 Å². The van der Waals surface area contributed by atoms with Crippen molar-refractivity contribution in [3.63, 3.8) is 0 Å². The molecule has 1 N–H and O–H groups in total. The summed E-state index contributed by atoms with van der Waals surface area (Å²) in [5.74, 6) is 0.460. The van der Waals surface area contributed by atoms with Crippen LogP contribution in [0.25, 0.3) is 0 Å². The van der Waals surface area contributed by atoms with Crippen LogP contribution < -0.4 is 10.1 Å². The Morgan fingerprint density at radius 2 is 1.86 bits per heavy atom. The van der Waals surface area contributed by atoms with Gasteiger partial charge in [0.05, 0.1) is 13.5 Å². The van der Waals surface area contributed by atoms with Gasteiger partial charge in [-0.25, -0.2) is 0 Å². The number of carbonyl (C=O) groups is 2. The molecule has 0 saturated heterocycles. The predicted molar refractivity (Wildman–Crippen MR) is 111 cm³/mol. The van der Waals surface area contributed by atoms with Crippen LogP contribution in [0, 0.1) is 0 Å². The zero-order valence-corrected chi connectivity index (χ0v) is 17.3. The van der Waals surface area contributed by atoms with E-state index >= 15 is 0 Å². The van der Waals surface area contributed by atoms with E-state index in [0.717, 1.165) is 23.3 Å². The largest absolute Gasteiger partial charge is 0.497 e. The van der Waals surface area contributed by atoms with E-state index in [1.54, 1.807) is 31.1 Å². The third-order valence-corrected chi connectivity index (χ3v) is 4.71. The van der Waals surface area contributed by atoms with Gasteiger partial charge in [-0.15, -0.1) is 0 Å². The molecule has 0 spiro atoms. The molecule has 6 heteroatoms. The van der Waals surface area contributed by atoms with Crippen LogP contribution in [0.15, 0.2) is 48.5 Å². The fourth-order valence-corrected chi connectivity index (χ4v) is 3.04. The van der Waals surface area contributed by atoms with Crippen LogP contribution in [-0.4, -0.2) is 36.4 Å². The monoisotopic (exact) mass is 402 g/mol. The van der Waals surface area contributed by atoms with Crippen molar-refractivity contribution in [2.45, 2.75) is 39.3 Å². The summed E-state index contributed by atoms with van der Waals surface area (Å²) in [6.45, 7) is 4.67. The molecule has 5 nitrogen and oxygen atoms in total. The number of rotatable bonds is 9. The summed E-state index contributed by atoms with van der Waals surface area (Å²) < 4.78 is 5.18. The smallest absolute Gasteiger partial charge is 0.242 e. The lowest BCUT2D eigenvalue weighted by atomic mass is 10.1. The molecule has 0 aromatic heterocycles. The van der Waals surface area contributed by atoms with Crippen LogP contribution >= 0.6 is 11.6 Å². The molecule has 0 aliphatic heterocycles. The topological polar surface area (TPSA) is 58.6 Å². The molecule has 0 aliphatic carbocycles. The lowest BCUT2D eigenvalue weighted by Crippen LogP contribution is -2.48. The summed E-state index contributed by atoms with van der Waals surface area (Å²) in [7, 11) is 1.61. The first-order chi connectivity index (χ1) is 13.4. The standard InChI is InChI=1S/C22H27ClN2O3/c1-4-12-24-22(27)16(2)25(15-17-8-10-20(28-3)11-9-17)21(26)14-18-6-5-7-19(23)13-18/h5-11,13,16H,4,12,14-15H2,1-3H3,(H,24,27). The predicted octanol–water partition coefficient (Wildman–Crippen LogP) is 3.83. The van der Waals surface area contributed by atoms with Crippen molar-refractivity contribution >= 4 is 23.4 Å². The van der Waals surface area contributed by atoms with Gasteiger partial charge in [-0.1, -0.05) is 42.8 Å². The van der Waals surface area contributed by atoms with Gasteiger partial charge in [0.2, 0.25) is 11.8 Å². The fraction of sp³-hybridized carbons (Fsp3) is 0.364. The van der Waals surface area contributed by atoms with E-state index in [4.69, 9.17) is 16.3 Å². The molecular weight excluding hydrogens is 376 g/mol. The van der Waals surface area contributed by atoms with Crippen molar-refractivity contribution in [2.24, 2.45) is 0 Å². The Morgan fingerprint density at radius 1 is 1.14 bits per heavy atom. The minimum absolute atomic E-state index is 0.128. The second-order valence-electron chi connectivity index (χ2n) is 6.64. The lowest BCUT2D eigenvalue weighted by Gasteiger charge is -2.29. The Hall–Kier alpha value is -2.53. The zero-order valence-electron chi connectivity index (χ0n) is 16.6. The van der Waals surface area contributed by atoms with E-state index in [9.17, 15) is 9.59 Å². The number of halogens is 1. The van der Waals surface area contributed by atoms with Crippen LogP contribution in [0.3, 0.4) is 0 Å². The molecule has 0 heterocycles.